The van der Waals surface area contributed by atoms with Crippen molar-refractivity contribution in [1.82, 2.24) is 5.48 Å². The summed E-state index contributed by atoms with van der Waals surface area (Å²) >= 11 is 0. The Morgan fingerprint density at radius 2 is 2.31 bits per heavy atom. The summed E-state index contributed by atoms with van der Waals surface area (Å²) in [5.74, 6) is 0.709. The van der Waals surface area contributed by atoms with Crippen LogP contribution >= 0.6 is 0 Å². The van der Waals surface area contributed by atoms with Gasteiger partial charge in [-0.1, -0.05) is 0 Å². The number of hydroxylamine groups is 1. The minimum absolute atomic E-state index is 0.616. The fourth-order valence-electron chi connectivity index (χ4n) is 0.717. The van der Waals surface area contributed by atoms with Gasteiger partial charge in [-0.2, -0.15) is 5.48 Å². The van der Waals surface area contributed by atoms with E-state index in [4.69, 9.17) is 10.6 Å². The zero-order valence-electron chi connectivity index (χ0n) is 8.37. The lowest BCUT2D eigenvalue weighted by Gasteiger charge is -2.01. The summed E-state index contributed by atoms with van der Waals surface area (Å²) in [7, 11) is 1.69. The van der Waals surface area contributed by atoms with Crippen LogP contribution < -0.4 is 11.2 Å². The third-order valence-electron chi connectivity index (χ3n) is 1.19. The van der Waals surface area contributed by atoms with Gasteiger partial charge in [0, 0.05) is 31.6 Å². The highest BCUT2D eigenvalue weighted by atomic mass is 16.6. The number of aliphatic imine (C=N–C) groups is 1. The molecule has 0 aromatic rings. The molecule has 74 valence electrons. The number of hydrogen-bond donors (Lipinski definition) is 2. The lowest BCUT2D eigenvalue weighted by molar-refractivity contribution is 0.128. The summed E-state index contributed by atoms with van der Waals surface area (Å²) in [6, 6.07) is 0. The van der Waals surface area contributed by atoms with Gasteiger partial charge in [0.1, 0.15) is 5.76 Å². The van der Waals surface area contributed by atoms with E-state index in [0.717, 1.165) is 6.54 Å². The Hall–Kier alpha value is -1.29. The molecule has 13 heavy (non-hydrogen) atoms. The molecule has 0 aliphatic heterocycles. The second-order valence-corrected chi connectivity index (χ2v) is 2.38. The van der Waals surface area contributed by atoms with Crippen molar-refractivity contribution in [3.63, 3.8) is 0 Å². The normalized spacial score (nSPS) is 13.8. The van der Waals surface area contributed by atoms with Gasteiger partial charge >= 0.3 is 0 Å². The van der Waals surface area contributed by atoms with Crippen LogP contribution in [-0.2, 0) is 4.84 Å². The fourth-order valence-corrected chi connectivity index (χ4v) is 0.717. The summed E-state index contributed by atoms with van der Waals surface area (Å²) in [4.78, 5) is 8.96. The van der Waals surface area contributed by atoms with Gasteiger partial charge in [-0.3, -0.25) is 4.99 Å². The third kappa shape index (κ3) is 7.08. The molecule has 0 rings (SSSR count). The second kappa shape index (κ2) is 7.36. The van der Waals surface area contributed by atoms with Crippen LogP contribution in [-0.4, -0.2) is 19.8 Å². The van der Waals surface area contributed by atoms with Crippen molar-refractivity contribution in [3.8, 4) is 0 Å². The molecule has 0 aromatic carbocycles. The highest BCUT2D eigenvalue weighted by Crippen LogP contribution is 1.95. The average Bonchev–Trinajstić information content (AvgIpc) is 2.05. The minimum Gasteiger partial charge on any atom is -0.414 e. The van der Waals surface area contributed by atoms with E-state index < -0.39 is 0 Å². The number of nitrogens with two attached hydrogens (primary N) is 1. The summed E-state index contributed by atoms with van der Waals surface area (Å²) in [6.07, 6.45) is 5.13. The summed E-state index contributed by atoms with van der Waals surface area (Å²) in [6.45, 7) is 4.54. The van der Waals surface area contributed by atoms with E-state index in [1.54, 1.807) is 25.4 Å². The highest BCUT2D eigenvalue weighted by molar-refractivity contribution is 5.72. The number of nitrogens with zero attached hydrogens (tertiary/aromatic N) is 1. The SMILES string of the molecule is CCN=CC=C(N)/C=C(\C)ONC. The molecule has 0 radical (unpaired) electrons. The topological polar surface area (TPSA) is 59.6 Å². The summed E-state index contributed by atoms with van der Waals surface area (Å²) < 4.78 is 0. The number of rotatable bonds is 5. The van der Waals surface area contributed by atoms with Gasteiger partial charge in [0.2, 0.25) is 0 Å². The molecule has 0 saturated heterocycles. The number of hydrogen-bond acceptors (Lipinski definition) is 4. The molecular weight excluding hydrogens is 166 g/mol. The lowest BCUT2D eigenvalue weighted by atomic mass is 10.3. The molecule has 0 aromatic heterocycles. The summed E-state index contributed by atoms with van der Waals surface area (Å²) in [5.41, 5.74) is 8.80. The Kier molecular flexibility index (Phi) is 6.63. The maximum absolute atomic E-state index is 5.63. The van der Waals surface area contributed by atoms with Crippen LogP contribution in [0, 0.1) is 0 Å². The molecule has 0 aliphatic carbocycles. The van der Waals surface area contributed by atoms with Crippen LogP contribution in [0.15, 0.2) is 28.6 Å². The van der Waals surface area contributed by atoms with Crippen molar-refractivity contribution in [1.29, 1.82) is 0 Å². The number of nitrogens with one attached hydrogen (secondary N) is 1. The highest BCUT2D eigenvalue weighted by Gasteiger charge is 1.87. The standard InChI is InChI=1S/C9H17N3O/c1-4-12-6-5-9(10)7-8(2)13-11-3/h5-7,11H,4,10H2,1-3H3/b8-7+,9-5?,12-6?. The molecule has 0 atom stereocenters. The molecular formula is C9H17N3O. The van der Waals surface area contributed by atoms with Gasteiger partial charge in [-0.25, -0.2) is 0 Å². The molecule has 0 unspecified atom stereocenters. The van der Waals surface area contributed by atoms with E-state index in [9.17, 15) is 0 Å². The molecule has 0 aliphatic rings. The maximum atomic E-state index is 5.63. The third-order valence-corrected chi connectivity index (χ3v) is 1.19. The van der Waals surface area contributed by atoms with Crippen molar-refractivity contribution in [2.45, 2.75) is 13.8 Å². The monoisotopic (exact) mass is 183 g/mol. The van der Waals surface area contributed by atoms with E-state index in [1.807, 2.05) is 13.8 Å². The van der Waals surface area contributed by atoms with E-state index in [1.165, 1.54) is 0 Å². The largest absolute Gasteiger partial charge is 0.414 e. The Labute approximate surface area is 79.1 Å². The molecule has 3 N–H and O–H groups in total. The van der Waals surface area contributed by atoms with Crippen molar-refractivity contribution < 1.29 is 4.84 Å². The smallest absolute Gasteiger partial charge is 0.123 e. The first kappa shape index (κ1) is 11.7. The van der Waals surface area contributed by atoms with E-state index >= 15 is 0 Å². The van der Waals surface area contributed by atoms with E-state index in [2.05, 4.69) is 10.5 Å². The lowest BCUT2D eigenvalue weighted by Crippen LogP contribution is -2.06. The van der Waals surface area contributed by atoms with Crippen LogP contribution in [0.5, 0.6) is 0 Å². The van der Waals surface area contributed by atoms with Crippen LogP contribution in [0.2, 0.25) is 0 Å². The average molecular weight is 183 g/mol. The Balaban J connectivity index is 4.10. The van der Waals surface area contributed by atoms with Crippen molar-refractivity contribution >= 4 is 6.21 Å². The van der Waals surface area contributed by atoms with Gasteiger partial charge in [0.25, 0.3) is 0 Å². The van der Waals surface area contributed by atoms with Crippen LogP contribution in [0.4, 0.5) is 0 Å². The predicted octanol–water partition coefficient (Wildman–Crippen LogP) is 0.975. The van der Waals surface area contributed by atoms with Crippen LogP contribution in [0.1, 0.15) is 13.8 Å². The molecule has 0 bridgehead atoms. The van der Waals surface area contributed by atoms with Crippen molar-refractivity contribution in [2.24, 2.45) is 10.7 Å². The van der Waals surface area contributed by atoms with Gasteiger partial charge in [0.15, 0.2) is 0 Å². The zero-order chi connectivity index (χ0) is 10.1. The fraction of sp³-hybridized carbons (Fsp3) is 0.444. The Morgan fingerprint density at radius 1 is 1.62 bits per heavy atom. The molecule has 0 fully saturated rings. The van der Waals surface area contributed by atoms with Gasteiger partial charge < -0.3 is 10.6 Å². The van der Waals surface area contributed by atoms with Crippen molar-refractivity contribution in [2.75, 3.05) is 13.6 Å². The first-order chi connectivity index (χ1) is 6.20. The minimum atomic E-state index is 0.616. The molecule has 4 heteroatoms. The molecule has 0 heterocycles. The first-order valence-electron chi connectivity index (χ1n) is 4.18. The van der Waals surface area contributed by atoms with Gasteiger partial charge in [0.05, 0.1) is 0 Å². The van der Waals surface area contributed by atoms with E-state index in [0.29, 0.717) is 11.5 Å². The quantitative estimate of drug-likeness (QED) is 0.289. The van der Waals surface area contributed by atoms with E-state index in [-0.39, 0.29) is 0 Å². The number of allylic oxidation sites excluding steroid dienone is 3. The predicted molar refractivity (Wildman–Crippen MR) is 55.2 cm³/mol. The van der Waals surface area contributed by atoms with Gasteiger partial charge in [-0.15, -0.1) is 0 Å². The molecule has 0 saturated carbocycles. The van der Waals surface area contributed by atoms with Crippen LogP contribution in [0.25, 0.3) is 0 Å². The molecule has 4 nitrogen and oxygen atoms in total. The van der Waals surface area contributed by atoms with Crippen molar-refractivity contribution in [3.05, 3.63) is 23.6 Å². The second-order valence-electron chi connectivity index (χ2n) is 2.38. The Morgan fingerprint density at radius 3 is 2.85 bits per heavy atom. The summed E-state index contributed by atoms with van der Waals surface area (Å²) in [5, 5.41) is 0. The van der Waals surface area contributed by atoms with Crippen LogP contribution in [0.3, 0.4) is 0 Å². The molecule has 0 amide bonds. The maximum Gasteiger partial charge on any atom is 0.123 e. The Bertz CT molecular complexity index is 219. The molecule has 0 spiro atoms. The zero-order valence-corrected chi connectivity index (χ0v) is 8.37. The first-order valence-corrected chi connectivity index (χ1v) is 4.18. The van der Waals surface area contributed by atoms with Gasteiger partial charge in [-0.05, 0) is 19.9 Å².